The van der Waals surface area contributed by atoms with Gasteiger partial charge in [0.05, 0.1) is 17.6 Å². The maximum absolute atomic E-state index is 11.1. The Balaban J connectivity index is 2.43. The van der Waals surface area contributed by atoms with E-state index < -0.39 is 10.1 Å². The summed E-state index contributed by atoms with van der Waals surface area (Å²) in [5.41, 5.74) is 1.60. The van der Waals surface area contributed by atoms with E-state index in [1.807, 2.05) is 6.92 Å². The van der Waals surface area contributed by atoms with Gasteiger partial charge in [-0.2, -0.15) is 8.42 Å². The smallest absolute Gasteiger partial charge is 0.294 e. The zero-order chi connectivity index (χ0) is 11.1. The third kappa shape index (κ3) is 2.56. The molecule has 0 spiro atoms. The SMILES string of the molecule is Cc1ccc(S(=O)(=O)O)c(C[C@@H]2CO2)c1. The van der Waals surface area contributed by atoms with Crippen molar-refractivity contribution >= 4 is 10.1 Å². The van der Waals surface area contributed by atoms with Crippen LogP contribution in [0.3, 0.4) is 0 Å². The molecule has 5 heteroatoms. The Hall–Kier alpha value is -0.910. The minimum atomic E-state index is -4.12. The second kappa shape index (κ2) is 3.59. The Morgan fingerprint density at radius 2 is 2.20 bits per heavy atom. The highest BCUT2D eigenvalue weighted by molar-refractivity contribution is 7.85. The predicted molar refractivity (Wildman–Crippen MR) is 54.4 cm³/mol. The van der Waals surface area contributed by atoms with Gasteiger partial charge in [-0.3, -0.25) is 4.55 Å². The van der Waals surface area contributed by atoms with E-state index in [1.165, 1.54) is 6.07 Å². The molecule has 0 amide bonds. The Bertz CT molecular complexity index is 474. The first-order chi connectivity index (χ1) is 6.97. The second-order valence-corrected chi connectivity index (χ2v) is 5.14. The molecule has 1 fully saturated rings. The zero-order valence-corrected chi connectivity index (χ0v) is 9.12. The van der Waals surface area contributed by atoms with Gasteiger partial charge in [-0.25, -0.2) is 0 Å². The summed E-state index contributed by atoms with van der Waals surface area (Å²) in [6, 6.07) is 4.87. The molecule has 1 aliphatic rings. The van der Waals surface area contributed by atoms with Gasteiger partial charge in [0.1, 0.15) is 0 Å². The number of epoxide rings is 1. The quantitative estimate of drug-likeness (QED) is 0.623. The third-order valence-electron chi connectivity index (χ3n) is 2.34. The molecule has 1 aromatic rings. The second-order valence-electron chi connectivity index (χ2n) is 3.75. The lowest BCUT2D eigenvalue weighted by Gasteiger charge is -2.06. The van der Waals surface area contributed by atoms with Gasteiger partial charge < -0.3 is 4.74 Å². The van der Waals surface area contributed by atoms with Gasteiger partial charge in [0.2, 0.25) is 0 Å². The molecule has 1 aliphatic heterocycles. The molecule has 2 rings (SSSR count). The molecule has 82 valence electrons. The molecular formula is C10H12O4S. The van der Waals surface area contributed by atoms with Gasteiger partial charge in [-0.1, -0.05) is 17.7 Å². The van der Waals surface area contributed by atoms with E-state index in [1.54, 1.807) is 12.1 Å². The Morgan fingerprint density at radius 3 is 2.73 bits per heavy atom. The molecule has 0 aliphatic carbocycles. The fourth-order valence-electron chi connectivity index (χ4n) is 1.55. The highest BCUT2D eigenvalue weighted by Gasteiger charge is 2.26. The van der Waals surface area contributed by atoms with Crippen LogP contribution in [0.5, 0.6) is 0 Å². The van der Waals surface area contributed by atoms with Crippen LogP contribution in [0.1, 0.15) is 11.1 Å². The molecule has 0 bridgehead atoms. The minimum absolute atomic E-state index is 0.0106. The molecule has 1 N–H and O–H groups in total. The molecule has 0 unspecified atom stereocenters. The molecule has 0 saturated carbocycles. The lowest BCUT2D eigenvalue weighted by atomic mass is 10.1. The van der Waals surface area contributed by atoms with Crippen LogP contribution in [0.15, 0.2) is 23.1 Å². The van der Waals surface area contributed by atoms with E-state index in [0.717, 1.165) is 5.56 Å². The van der Waals surface area contributed by atoms with E-state index in [9.17, 15) is 8.42 Å². The van der Waals surface area contributed by atoms with Crippen molar-refractivity contribution < 1.29 is 17.7 Å². The largest absolute Gasteiger partial charge is 0.373 e. The first-order valence-corrected chi connectivity index (χ1v) is 6.09. The first-order valence-electron chi connectivity index (χ1n) is 4.65. The summed E-state index contributed by atoms with van der Waals surface area (Å²) in [5.74, 6) is 0. The number of ether oxygens (including phenoxy) is 1. The van der Waals surface area contributed by atoms with Gasteiger partial charge in [-0.05, 0) is 18.6 Å². The fourth-order valence-corrected chi connectivity index (χ4v) is 2.26. The molecule has 1 saturated heterocycles. The van der Waals surface area contributed by atoms with Crippen LogP contribution < -0.4 is 0 Å². The van der Waals surface area contributed by atoms with Crippen LogP contribution in [-0.4, -0.2) is 25.7 Å². The van der Waals surface area contributed by atoms with Crippen molar-refractivity contribution in [2.24, 2.45) is 0 Å². The van der Waals surface area contributed by atoms with E-state index >= 15 is 0 Å². The average molecular weight is 228 g/mol. The lowest BCUT2D eigenvalue weighted by molar-refractivity contribution is 0.406. The summed E-state index contributed by atoms with van der Waals surface area (Å²) in [7, 11) is -4.12. The molecular weight excluding hydrogens is 216 g/mol. The van der Waals surface area contributed by atoms with E-state index in [4.69, 9.17) is 9.29 Å². The molecule has 4 nitrogen and oxygen atoms in total. The molecule has 15 heavy (non-hydrogen) atoms. The van der Waals surface area contributed by atoms with E-state index in [2.05, 4.69) is 0 Å². The van der Waals surface area contributed by atoms with E-state index in [-0.39, 0.29) is 11.0 Å². The van der Waals surface area contributed by atoms with Gasteiger partial charge in [0.15, 0.2) is 0 Å². The molecule has 1 aromatic carbocycles. The molecule has 1 atom stereocenters. The Morgan fingerprint density at radius 1 is 1.53 bits per heavy atom. The van der Waals surface area contributed by atoms with Crippen molar-refractivity contribution in [3.63, 3.8) is 0 Å². The fraction of sp³-hybridized carbons (Fsp3) is 0.400. The average Bonchev–Trinajstić information content (AvgIpc) is 2.85. The van der Waals surface area contributed by atoms with Crippen molar-refractivity contribution in [3.05, 3.63) is 29.3 Å². The molecule has 1 heterocycles. The number of hydrogen-bond donors (Lipinski definition) is 1. The summed E-state index contributed by atoms with van der Waals surface area (Å²) < 4.78 is 36.2. The highest BCUT2D eigenvalue weighted by Crippen LogP contribution is 2.23. The summed E-state index contributed by atoms with van der Waals surface area (Å²) in [4.78, 5) is -0.0106. The molecule has 0 aromatic heterocycles. The van der Waals surface area contributed by atoms with Crippen molar-refractivity contribution in [1.29, 1.82) is 0 Å². The van der Waals surface area contributed by atoms with Crippen LogP contribution in [0, 0.1) is 6.92 Å². The summed E-state index contributed by atoms with van der Waals surface area (Å²) >= 11 is 0. The van der Waals surface area contributed by atoms with Crippen LogP contribution in [-0.2, 0) is 21.3 Å². The third-order valence-corrected chi connectivity index (χ3v) is 3.30. The maximum atomic E-state index is 11.1. The summed E-state index contributed by atoms with van der Waals surface area (Å²) in [6.07, 6.45) is 0.642. The van der Waals surface area contributed by atoms with Crippen LogP contribution in [0.4, 0.5) is 0 Å². The topological polar surface area (TPSA) is 66.9 Å². The van der Waals surface area contributed by atoms with Crippen molar-refractivity contribution in [1.82, 2.24) is 0 Å². The van der Waals surface area contributed by atoms with Crippen LogP contribution in [0.2, 0.25) is 0 Å². The van der Waals surface area contributed by atoms with Crippen LogP contribution in [0.25, 0.3) is 0 Å². The predicted octanol–water partition coefficient (Wildman–Crippen LogP) is 1.18. The van der Waals surface area contributed by atoms with Gasteiger partial charge >= 0.3 is 0 Å². The Labute approximate surface area is 88.6 Å². The van der Waals surface area contributed by atoms with Crippen molar-refractivity contribution in [3.8, 4) is 0 Å². The summed E-state index contributed by atoms with van der Waals surface area (Å²) in [5, 5.41) is 0. The molecule has 0 radical (unpaired) electrons. The number of aryl methyl sites for hydroxylation is 1. The monoisotopic (exact) mass is 228 g/mol. The number of rotatable bonds is 3. The number of hydrogen-bond acceptors (Lipinski definition) is 3. The maximum Gasteiger partial charge on any atom is 0.294 e. The van der Waals surface area contributed by atoms with E-state index in [0.29, 0.717) is 18.6 Å². The Kier molecular flexibility index (Phi) is 2.54. The van der Waals surface area contributed by atoms with Gasteiger partial charge in [0, 0.05) is 6.42 Å². The van der Waals surface area contributed by atoms with Crippen molar-refractivity contribution in [2.75, 3.05) is 6.61 Å². The minimum Gasteiger partial charge on any atom is -0.373 e. The lowest BCUT2D eigenvalue weighted by Crippen LogP contribution is -2.05. The van der Waals surface area contributed by atoms with Crippen molar-refractivity contribution in [2.45, 2.75) is 24.3 Å². The van der Waals surface area contributed by atoms with Crippen LogP contribution >= 0.6 is 0 Å². The van der Waals surface area contributed by atoms with Gasteiger partial charge in [-0.15, -0.1) is 0 Å². The zero-order valence-electron chi connectivity index (χ0n) is 8.30. The summed E-state index contributed by atoms with van der Waals surface area (Å²) in [6.45, 7) is 2.55. The number of benzene rings is 1. The standard InChI is InChI=1S/C10H12O4S/c1-7-2-3-10(15(11,12)13)8(4-7)5-9-6-14-9/h2-4,9H,5-6H2,1H3,(H,11,12,13)/t9-/m1/s1. The normalized spacial score (nSPS) is 20.3. The highest BCUT2D eigenvalue weighted by atomic mass is 32.2. The van der Waals surface area contributed by atoms with Gasteiger partial charge in [0.25, 0.3) is 10.1 Å². The first kappa shape index (κ1) is 10.6.